The normalized spacial score (nSPS) is 22.2. The molecule has 0 bridgehead atoms. The summed E-state index contributed by atoms with van der Waals surface area (Å²) in [6.45, 7) is 3.83. The van der Waals surface area contributed by atoms with Gasteiger partial charge in [0.1, 0.15) is 0 Å². The molecule has 0 aromatic rings. The van der Waals surface area contributed by atoms with Crippen molar-refractivity contribution in [2.45, 2.75) is 19.4 Å². The van der Waals surface area contributed by atoms with Gasteiger partial charge >= 0.3 is 6.09 Å². The molecular formula is C7H14N2O3. The highest BCUT2D eigenvalue weighted by molar-refractivity contribution is 5.65. The van der Waals surface area contributed by atoms with Crippen molar-refractivity contribution in [1.82, 2.24) is 10.8 Å². The van der Waals surface area contributed by atoms with Crippen LogP contribution < -0.4 is 10.8 Å². The van der Waals surface area contributed by atoms with E-state index in [4.69, 9.17) is 4.84 Å². The van der Waals surface area contributed by atoms with E-state index in [2.05, 4.69) is 15.5 Å². The summed E-state index contributed by atoms with van der Waals surface area (Å²) in [6.07, 6.45) is 0.477. The maximum absolute atomic E-state index is 10.7. The highest BCUT2D eigenvalue weighted by Gasteiger charge is 2.16. The van der Waals surface area contributed by atoms with Crippen molar-refractivity contribution >= 4 is 6.09 Å². The molecule has 1 rings (SSSR count). The van der Waals surface area contributed by atoms with E-state index < -0.39 is 6.09 Å². The Morgan fingerprint density at radius 2 is 2.58 bits per heavy atom. The minimum absolute atomic E-state index is 0.0782. The first-order valence-electron chi connectivity index (χ1n) is 4.12. The van der Waals surface area contributed by atoms with Crippen molar-refractivity contribution in [2.24, 2.45) is 0 Å². The van der Waals surface area contributed by atoms with Crippen molar-refractivity contribution in [3.63, 3.8) is 0 Å². The Morgan fingerprint density at radius 3 is 3.17 bits per heavy atom. The first-order valence-corrected chi connectivity index (χ1v) is 4.12. The molecule has 0 radical (unpaired) electrons. The van der Waals surface area contributed by atoms with Crippen LogP contribution in [0.2, 0.25) is 0 Å². The Morgan fingerprint density at radius 1 is 1.75 bits per heavy atom. The van der Waals surface area contributed by atoms with Crippen LogP contribution in [-0.2, 0) is 9.57 Å². The van der Waals surface area contributed by atoms with E-state index >= 15 is 0 Å². The fourth-order valence-corrected chi connectivity index (χ4v) is 1.02. The van der Waals surface area contributed by atoms with Crippen LogP contribution in [0, 0.1) is 0 Å². The Hall–Kier alpha value is -0.810. The molecule has 12 heavy (non-hydrogen) atoms. The summed E-state index contributed by atoms with van der Waals surface area (Å²) >= 11 is 0. The number of amides is 1. The molecule has 0 aromatic carbocycles. The quantitative estimate of drug-likeness (QED) is 0.592. The van der Waals surface area contributed by atoms with E-state index in [1.54, 1.807) is 6.92 Å². The zero-order chi connectivity index (χ0) is 8.81. The molecule has 0 aromatic heterocycles. The molecule has 0 saturated carbocycles. The van der Waals surface area contributed by atoms with Crippen LogP contribution in [0.1, 0.15) is 13.3 Å². The molecule has 1 aliphatic rings. The third kappa shape index (κ3) is 3.06. The smallest absolute Gasteiger partial charge is 0.431 e. The molecule has 1 heterocycles. The predicted octanol–water partition coefficient (Wildman–Crippen LogP) is 0.0260. The number of nitrogens with one attached hydrogen (secondary N) is 2. The summed E-state index contributed by atoms with van der Waals surface area (Å²) in [5, 5.41) is 3.11. The summed E-state index contributed by atoms with van der Waals surface area (Å²) in [7, 11) is 0. The zero-order valence-corrected chi connectivity index (χ0v) is 7.13. The van der Waals surface area contributed by atoms with Gasteiger partial charge in [0, 0.05) is 6.54 Å². The van der Waals surface area contributed by atoms with Gasteiger partial charge in [0.2, 0.25) is 0 Å². The summed E-state index contributed by atoms with van der Waals surface area (Å²) in [5.41, 5.74) is 2.22. The number of hydrogen-bond acceptors (Lipinski definition) is 4. The van der Waals surface area contributed by atoms with Gasteiger partial charge in [0.25, 0.3) is 0 Å². The van der Waals surface area contributed by atoms with E-state index in [1.165, 1.54) is 0 Å². The van der Waals surface area contributed by atoms with Gasteiger partial charge < -0.3 is 10.1 Å². The summed E-state index contributed by atoms with van der Waals surface area (Å²) < 4.78 is 4.61. The molecule has 0 spiro atoms. The van der Waals surface area contributed by atoms with Crippen molar-refractivity contribution in [2.75, 3.05) is 19.7 Å². The molecular weight excluding hydrogens is 160 g/mol. The van der Waals surface area contributed by atoms with Gasteiger partial charge in [-0.1, -0.05) is 0 Å². The lowest BCUT2D eigenvalue weighted by Crippen LogP contribution is -2.31. The molecule has 2 N–H and O–H groups in total. The Bertz CT molecular complexity index is 146. The van der Waals surface area contributed by atoms with Crippen molar-refractivity contribution in [3.8, 4) is 0 Å². The molecule has 1 amide bonds. The Kier molecular flexibility index (Phi) is 3.83. The van der Waals surface area contributed by atoms with E-state index in [0.717, 1.165) is 19.5 Å². The lowest BCUT2D eigenvalue weighted by atomic mass is 10.3. The molecule has 5 heteroatoms. The van der Waals surface area contributed by atoms with Gasteiger partial charge in [0.15, 0.2) is 0 Å². The fourth-order valence-electron chi connectivity index (χ4n) is 1.02. The standard InChI is InChI=1S/C7H14N2O3/c1-2-11-7(10)9-12-6-3-4-8-5-6/h6,8H,2-5H2,1H3,(H,9,10). The Labute approximate surface area is 71.4 Å². The minimum Gasteiger partial charge on any atom is -0.448 e. The zero-order valence-electron chi connectivity index (χ0n) is 7.13. The second kappa shape index (κ2) is 4.95. The molecule has 1 atom stereocenters. The molecule has 0 aliphatic carbocycles. The molecule has 70 valence electrons. The van der Waals surface area contributed by atoms with Gasteiger partial charge in [-0.3, -0.25) is 4.84 Å². The maximum Gasteiger partial charge on any atom is 0.431 e. The average molecular weight is 174 g/mol. The first-order chi connectivity index (χ1) is 5.83. The topological polar surface area (TPSA) is 59.6 Å². The second-order valence-electron chi connectivity index (χ2n) is 2.56. The van der Waals surface area contributed by atoms with E-state index in [9.17, 15) is 4.79 Å². The van der Waals surface area contributed by atoms with Crippen LogP contribution in [0.3, 0.4) is 0 Å². The highest BCUT2D eigenvalue weighted by atomic mass is 16.7. The lowest BCUT2D eigenvalue weighted by Gasteiger charge is -2.09. The predicted molar refractivity (Wildman–Crippen MR) is 42.5 cm³/mol. The number of rotatable bonds is 3. The third-order valence-electron chi connectivity index (χ3n) is 1.60. The largest absolute Gasteiger partial charge is 0.448 e. The van der Waals surface area contributed by atoms with E-state index in [1.807, 2.05) is 0 Å². The summed E-state index contributed by atoms with van der Waals surface area (Å²) in [6, 6.07) is 0. The van der Waals surface area contributed by atoms with Crippen molar-refractivity contribution in [3.05, 3.63) is 0 Å². The van der Waals surface area contributed by atoms with Gasteiger partial charge in [0.05, 0.1) is 12.7 Å². The van der Waals surface area contributed by atoms with Crippen LogP contribution in [0.25, 0.3) is 0 Å². The average Bonchev–Trinajstić information content (AvgIpc) is 2.53. The lowest BCUT2D eigenvalue weighted by molar-refractivity contribution is -0.0132. The Balaban J connectivity index is 2.03. The monoisotopic (exact) mass is 174 g/mol. The molecule has 1 fully saturated rings. The van der Waals surface area contributed by atoms with Crippen molar-refractivity contribution < 1.29 is 14.4 Å². The minimum atomic E-state index is -0.524. The third-order valence-corrected chi connectivity index (χ3v) is 1.60. The summed E-state index contributed by atoms with van der Waals surface area (Å²) in [4.78, 5) is 15.8. The molecule has 1 unspecified atom stereocenters. The highest BCUT2D eigenvalue weighted by Crippen LogP contribution is 2.00. The van der Waals surface area contributed by atoms with Crippen LogP contribution in [-0.4, -0.2) is 31.9 Å². The number of hydroxylamine groups is 1. The van der Waals surface area contributed by atoms with Crippen LogP contribution in [0.15, 0.2) is 0 Å². The fraction of sp³-hybridized carbons (Fsp3) is 0.857. The van der Waals surface area contributed by atoms with Crippen LogP contribution in [0.5, 0.6) is 0 Å². The van der Waals surface area contributed by atoms with Gasteiger partial charge in [-0.2, -0.15) is 5.48 Å². The number of ether oxygens (including phenoxy) is 1. The number of carbonyl (C=O) groups is 1. The SMILES string of the molecule is CCOC(=O)NOC1CCNC1. The van der Waals surface area contributed by atoms with E-state index in [0.29, 0.717) is 6.61 Å². The summed E-state index contributed by atoms with van der Waals surface area (Å²) in [5.74, 6) is 0. The van der Waals surface area contributed by atoms with Crippen LogP contribution >= 0.6 is 0 Å². The number of carbonyl (C=O) groups excluding carboxylic acids is 1. The molecule has 1 aliphatic heterocycles. The molecule has 5 nitrogen and oxygen atoms in total. The van der Waals surface area contributed by atoms with E-state index in [-0.39, 0.29) is 6.10 Å². The second-order valence-corrected chi connectivity index (χ2v) is 2.56. The van der Waals surface area contributed by atoms with Crippen molar-refractivity contribution in [1.29, 1.82) is 0 Å². The molecule has 1 saturated heterocycles. The van der Waals surface area contributed by atoms with Crippen LogP contribution in [0.4, 0.5) is 4.79 Å². The number of hydrogen-bond donors (Lipinski definition) is 2. The van der Waals surface area contributed by atoms with Gasteiger partial charge in [-0.15, -0.1) is 0 Å². The van der Waals surface area contributed by atoms with Gasteiger partial charge in [-0.05, 0) is 19.9 Å². The maximum atomic E-state index is 10.7. The van der Waals surface area contributed by atoms with Gasteiger partial charge in [-0.25, -0.2) is 4.79 Å². The first kappa shape index (κ1) is 9.28.